The summed E-state index contributed by atoms with van der Waals surface area (Å²) >= 11 is 0. The van der Waals surface area contributed by atoms with E-state index in [2.05, 4.69) is 10.5 Å². The summed E-state index contributed by atoms with van der Waals surface area (Å²) in [5, 5.41) is 13.9. The van der Waals surface area contributed by atoms with Gasteiger partial charge in [-0.25, -0.2) is 0 Å². The van der Waals surface area contributed by atoms with Crippen LogP contribution in [0.4, 0.5) is 0 Å². The SMILES string of the molecule is CC(CNC(=O)c1ccn(C)c(=O)c1)/C(N)=N/O. The van der Waals surface area contributed by atoms with E-state index < -0.39 is 0 Å². The van der Waals surface area contributed by atoms with Crippen LogP contribution >= 0.6 is 0 Å². The van der Waals surface area contributed by atoms with Gasteiger partial charge in [0.25, 0.3) is 11.5 Å². The lowest BCUT2D eigenvalue weighted by molar-refractivity contribution is 0.0950. The summed E-state index contributed by atoms with van der Waals surface area (Å²) in [7, 11) is 1.60. The lowest BCUT2D eigenvalue weighted by Crippen LogP contribution is -2.35. The molecule has 7 nitrogen and oxygen atoms in total. The normalized spacial score (nSPS) is 13.1. The fourth-order valence-electron chi connectivity index (χ4n) is 1.24. The van der Waals surface area contributed by atoms with Crippen LogP contribution in [0.3, 0.4) is 0 Å². The smallest absolute Gasteiger partial charge is 0.251 e. The predicted octanol–water partition coefficient (Wildman–Crippen LogP) is -0.502. The third-order valence-corrected chi connectivity index (χ3v) is 2.56. The molecule has 0 aliphatic rings. The molecule has 0 fully saturated rings. The van der Waals surface area contributed by atoms with Gasteiger partial charge in [0.2, 0.25) is 0 Å². The number of oxime groups is 1. The molecule has 0 aliphatic heterocycles. The van der Waals surface area contributed by atoms with Crippen LogP contribution in [0.2, 0.25) is 0 Å². The molecule has 4 N–H and O–H groups in total. The third-order valence-electron chi connectivity index (χ3n) is 2.56. The van der Waals surface area contributed by atoms with Crippen LogP contribution in [0.25, 0.3) is 0 Å². The maximum Gasteiger partial charge on any atom is 0.251 e. The van der Waals surface area contributed by atoms with Crippen LogP contribution in [0, 0.1) is 5.92 Å². The minimum absolute atomic E-state index is 0.0410. The van der Waals surface area contributed by atoms with Crippen molar-refractivity contribution in [1.82, 2.24) is 9.88 Å². The Morgan fingerprint density at radius 2 is 2.33 bits per heavy atom. The van der Waals surface area contributed by atoms with Crippen molar-refractivity contribution in [1.29, 1.82) is 0 Å². The molecule has 1 aromatic heterocycles. The van der Waals surface area contributed by atoms with E-state index in [0.717, 1.165) is 0 Å². The zero-order valence-electron chi connectivity index (χ0n) is 10.3. The summed E-state index contributed by atoms with van der Waals surface area (Å²) in [6.07, 6.45) is 1.52. The molecule has 1 heterocycles. The summed E-state index contributed by atoms with van der Waals surface area (Å²) in [4.78, 5) is 23.1. The number of aryl methyl sites for hydroxylation is 1. The minimum Gasteiger partial charge on any atom is -0.409 e. The highest BCUT2D eigenvalue weighted by Gasteiger charge is 2.11. The van der Waals surface area contributed by atoms with E-state index in [1.54, 1.807) is 20.0 Å². The maximum atomic E-state index is 11.7. The van der Waals surface area contributed by atoms with Crippen molar-refractivity contribution in [2.75, 3.05) is 6.54 Å². The molecule has 0 saturated carbocycles. The number of carbonyl (C=O) groups excluding carboxylic acids is 1. The van der Waals surface area contributed by atoms with Crippen LogP contribution in [-0.2, 0) is 7.05 Å². The van der Waals surface area contributed by atoms with Crippen molar-refractivity contribution in [2.45, 2.75) is 6.92 Å². The second-order valence-corrected chi connectivity index (χ2v) is 4.00. The first-order valence-corrected chi connectivity index (χ1v) is 5.38. The first-order valence-electron chi connectivity index (χ1n) is 5.38. The summed E-state index contributed by atoms with van der Waals surface area (Å²) in [6, 6.07) is 2.80. The number of hydrogen-bond acceptors (Lipinski definition) is 4. The highest BCUT2D eigenvalue weighted by molar-refractivity contribution is 5.94. The standard InChI is InChI=1S/C11H16N4O3/c1-7(10(12)14-18)6-13-11(17)8-3-4-15(2)9(16)5-8/h3-5,7,18H,6H2,1-2H3,(H2,12,14)(H,13,17). The number of carbonyl (C=O) groups is 1. The number of rotatable bonds is 4. The lowest BCUT2D eigenvalue weighted by atomic mass is 10.1. The Morgan fingerprint density at radius 1 is 1.67 bits per heavy atom. The van der Waals surface area contributed by atoms with Gasteiger partial charge in [0, 0.05) is 37.3 Å². The van der Waals surface area contributed by atoms with E-state index in [9.17, 15) is 9.59 Å². The molecule has 1 amide bonds. The van der Waals surface area contributed by atoms with Crippen LogP contribution in [0.5, 0.6) is 0 Å². The molecule has 1 aromatic rings. The van der Waals surface area contributed by atoms with Gasteiger partial charge >= 0.3 is 0 Å². The molecule has 0 bridgehead atoms. The highest BCUT2D eigenvalue weighted by atomic mass is 16.4. The van der Waals surface area contributed by atoms with E-state index in [1.165, 1.54) is 16.8 Å². The Morgan fingerprint density at radius 3 is 2.89 bits per heavy atom. The van der Waals surface area contributed by atoms with E-state index in [-0.39, 0.29) is 35.3 Å². The van der Waals surface area contributed by atoms with E-state index >= 15 is 0 Å². The van der Waals surface area contributed by atoms with Gasteiger partial charge in [0.15, 0.2) is 0 Å². The minimum atomic E-state index is -0.370. The van der Waals surface area contributed by atoms with Crippen molar-refractivity contribution >= 4 is 11.7 Å². The molecule has 0 radical (unpaired) electrons. The third kappa shape index (κ3) is 3.34. The predicted molar refractivity (Wildman–Crippen MR) is 66.6 cm³/mol. The van der Waals surface area contributed by atoms with Crippen LogP contribution in [0.15, 0.2) is 28.3 Å². The van der Waals surface area contributed by atoms with Gasteiger partial charge in [-0.15, -0.1) is 0 Å². The Labute approximate surface area is 104 Å². The van der Waals surface area contributed by atoms with Crippen molar-refractivity contribution < 1.29 is 10.0 Å². The number of amides is 1. The molecule has 0 saturated heterocycles. The van der Waals surface area contributed by atoms with Gasteiger partial charge in [0.05, 0.1) is 0 Å². The largest absolute Gasteiger partial charge is 0.409 e. The first-order chi connectivity index (χ1) is 8.45. The Bertz CT molecular complexity index is 521. The molecule has 1 rings (SSSR count). The summed E-state index contributed by atoms with van der Waals surface area (Å²) in [6.45, 7) is 1.93. The number of aromatic nitrogens is 1. The van der Waals surface area contributed by atoms with Gasteiger partial charge in [-0.2, -0.15) is 0 Å². The quantitative estimate of drug-likeness (QED) is 0.290. The van der Waals surface area contributed by atoms with E-state index in [0.29, 0.717) is 0 Å². The molecule has 1 unspecified atom stereocenters. The van der Waals surface area contributed by atoms with Gasteiger partial charge in [-0.05, 0) is 6.07 Å². The Balaban J connectivity index is 2.66. The molecule has 0 spiro atoms. The number of nitrogens with zero attached hydrogens (tertiary/aromatic N) is 2. The Hall–Kier alpha value is -2.31. The molecule has 7 heteroatoms. The molecule has 98 valence electrons. The molecule has 0 aromatic carbocycles. The topological polar surface area (TPSA) is 110 Å². The lowest BCUT2D eigenvalue weighted by Gasteiger charge is -2.11. The highest BCUT2D eigenvalue weighted by Crippen LogP contribution is 1.97. The van der Waals surface area contributed by atoms with Gasteiger partial charge in [0.1, 0.15) is 5.84 Å². The Kier molecular flexibility index (Phi) is 4.47. The van der Waals surface area contributed by atoms with Crippen molar-refractivity contribution in [3.05, 3.63) is 34.2 Å². The zero-order valence-corrected chi connectivity index (χ0v) is 10.3. The van der Waals surface area contributed by atoms with Gasteiger partial charge in [-0.3, -0.25) is 9.59 Å². The molecule has 0 aliphatic carbocycles. The fourth-order valence-corrected chi connectivity index (χ4v) is 1.24. The first kappa shape index (κ1) is 13.8. The number of hydrogen-bond donors (Lipinski definition) is 3. The number of nitrogens with two attached hydrogens (primary N) is 1. The molecular weight excluding hydrogens is 236 g/mol. The van der Waals surface area contributed by atoms with Crippen molar-refractivity contribution in [3.63, 3.8) is 0 Å². The van der Waals surface area contributed by atoms with Crippen molar-refractivity contribution in [2.24, 2.45) is 23.9 Å². The number of pyridine rings is 1. The summed E-state index contributed by atoms with van der Waals surface area (Å²) < 4.78 is 1.37. The number of nitrogens with one attached hydrogen (secondary N) is 1. The molecular formula is C11H16N4O3. The average molecular weight is 252 g/mol. The number of amidine groups is 1. The van der Waals surface area contributed by atoms with E-state index in [1.807, 2.05) is 0 Å². The van der Waals surface area contributed by atoms with Crippen LogP contribution in [0.1, 0.15) is 17.3 Å². The fraction of sp³-hybridized carbons (Fsp3) is 0.364. The van der Waals surface area contributed by atoms with Gasteiger partial charge in [-0.1, -0.05) is 12.1 Å². The van der Waals surface area contributed by atoms with Gasteiger partial charge < -0.3 is 20.8 Å². The molecule has 1 atom stereocenters. The van der Waals surface area contributed by atoms with Crippen LogP contribution < -0.4 is 16.6 Å². The average Bonchev–Trinajstić information content (AvgIpc) is 2.37. The zero-order chi connectivity index (χ0) is 13.7. The second-order valence-electron chi connectivity index (χ2n) is 4.00. The second kappa shape index (κ2) is 5.85. The molecule has 18 heavy (non-hydrogen) atoms. The van der Waals surface area contributed by atoms with E-state index in [4.69, 9.17) is 10.9 Å². The van der Waals surface area contributed by atoms with Crippen molar-refractivity contribution in [3.8, 4) is 0 Å². The maximum absolute atomic E-state index is 11.7. The summed E-state index contributed by atoms with van der Waals surface area (Å²) in [5.74, 6) is -0.616. The monoisotopic (exact) mass is 252 g/mol. The van der Waals surface area contributed by atoms with Crippen LogP contribution in [-0.4, -0.2) is 28.1 Å². The summed E-state index contributed by atoms with van der Waals surface area (Å²) in [5.41, 5.74) is 5.41.